The summed E-state index contributed by atoms with van der Waals surface area (Å²) in [7, 11) is 1.66. The van der Waals surface area contributed by atoms with E-state index in [1.54, 1.807) is 7.11 Å². The van der Waals surface area contributed by atoms with E-state index < -0.39 is 0 Å². The summed E-state index contributed by atoms with van der Waals surface area (Å²) >= 11 is 0. The maximum absolute atomic E-state index is 11.7. The van der Waals surface area contributed by atoms with Gasteiger partial charge in [0.15, 0.2) is 0 Å². The average molecular weight is 216 g/mol. The minimum absolute atomic E-state index is 0.0872. The van der Waals surface area contributed by atoms with Gasteiger partial charge in [0.05, 0.1) is 18.1 Å². The molecule has 0 rings (SSSR count). The fraction of sp³-hybridized carbons (Fsp3) is 0.917. The fourth-order valence-electron chi connectivity index (χ4n) is 1.15. The van der Waals surface area contributed by atoms with Gasteiger partial charge in [-0.05, 0) is 26.7 Å². The Balaban J connectivity index is 3.92. The van der Waals surface area contributed by atoms with Gasteiger partial charge in [-0.25, -0.2) is 0 Å². The number of hydrogen-bond donors (Lipinski definition) is 0. The summed E-state index contributed by atoms with van der Waals surface area (Å²) in [6.45, 7) is 8.40. The van der Waals surface area contributed by atoms with Gasteiger partial charge in [0.1, 0.15) is 0 Å². The van der Waals surface area contributed by atoms with E-state index in [4.69, 9.17) is 9.47 Å². The van der Waals surface area contributed by atoms with Gasteiger partial charge in [-0.3, -0.25) is 4.79 Å². The summed E-state index contributed by atoms with van der Waals surface area (Å²) in [6.07, 6.45) is 2.54. The molecule has 0 saturated heterocycles. The molecule has 0 amide bonds. The zero-order valence-corrected chi connectivity index (χ0v) is 10.6. The number of rotatable bonds is 7. The van der Waals surface area contributed by atoms with Crippen molar-refractivity contribution in [3.8, 4) is 0 Å². The molecule has 15 heavy (non-hydrogen) atoms. The van der Waals surface area contributed by atoms with Gasteiger partial charge in [0, 0.05) is 13.5 Å². The van der Waals surface area contributed by atoms with Crippen molar-refractivity contribution in [2.45, 2.75) is 53.1 Å². The lowest BCUT2D eigenvalue weighted by Gasteiger charge is -2.24. The smallest absolute Gasteiger partial charge is 0.311 e. The van der Waals surface area contributed by atoms with Crippen LogP contribution in [0.4, 0.5) is 0 Å². The molecular weight excluding hydrogens is 192 g/mol. The van der Waals surface area contributed by atoms with Crippen molar-refractivity contribution in [1.82, 2.24) is 0 Å². The highest BCUT2D eigenvalue weighted by Gasteiger charge is 2.30. The van der Waals surface area contributed by atoms with Gasteiger partial charge in [0.2, 0.25) is 0 Å². The molecule has 0 N–H and O–H groups in total. The quantitative estimate of drug-likeness (QED) is 0.614. The number of methoxy groups -OCH3 is 1. The molecule has 0 aromatic carbocycles. The van der Waals surface area contributed by atoms with Gasteiger partial charge in [0.25, 0.3) is 0 Å². The number of hydrogen-bond acceptors (Lipinski definition) is 3. The summed E-state index contributed by atoms with van der Waals surface area (Å²) in [6, 6.07) is 0. The predicted molar refractivity (Wildman–Crippen MR) is 60.7 cm³/mol. The molecule has 0 aliphatic heterocycles. The van der Waals surface area contributed by atoms with Crippen molar-refractivity contribution in [2.75, 3.05) is 13.7 Å². The third-order valence-electron chi connectivity index (χ3n) is 3.21. The third kappa shape index (κ3) is 4.65. The number of carbonyl (C=O) groups excluding carboxylic acids is 1. The molecule has 1 unspecified atom stereocenters. The average Bonchev–Trinajstić information content (AvgIpc) is 2.27. The van der Waals surface area contributed by atoms with Crippen LogP contribution in [0.2, 0.25) is 0 Å². The molecular formula is C12H24O3. The standard InChI is InChI=1S/C12H24O3/c1-6-12(4,7-2)11(13)15-9-8-10(3)14-5/h10H,6-9H2,1-5H3. The molecule has 0 aromatic rings. The number of carbonyl (C=O) groups is 1. The molecule has 1 atom stereocenters. The van der Waals surface area contributed by atoms with Crippen LogP contribution >= 0.6 is 0 Å². The first kappa shape index (κ1) is 14.4. The van der Waals surface area contributed by atoms with Gasteiger partial charge in [-0.1, -0.05) is 13.8 Å². The SMILES string of the molecule is CCC(C)(CC)C(=O)OCCC(C)OC. The molecule has 90 valence electrons. The highest BCUT2D eigenvalue weighted by atomic mass is 16.5. The van der Waals surface area contributed by atoms with Crippen LogP contribution in [0.25, 0.3) is 0 Å². The lowest BCUT2D eigenvalue weighted by atomic mass is 9.85. The van der Waals surface area contributed by atoms with Crippen molar-refractivity contribution < 1.29 is 14.3 Å². The summed E-state index contributed by atoms with van der Waals surface area (Å²) in [4.78, 5) is 11.7. The zero-order valence-electron chi connectivity index (χ0n) is 10.6. The van der Waals surface area contributed by atoms with Crippen LogP contribution in [0.3, 0.4) is 0 Å². The van der Waals surface area contributed by atoms with E-state index in [2.05, 4.69) is 0 Å². The minimum Gasteiger partial charge on any atom is -0.465 e. The minimum atomic E-state index is -0.323. The normalized spacial score (nSPS) is 13.7. The van der Waals surface area contributed by atoms with Gasteiger partial charge in [-0.15, -0.1) is 0 Å². The van der Waals surface area contributed by atoms with Crippen molar-refractivity contribution in [3.05, 3.63) is 0 Å². The Morgan fingerprint density at radius 1 is 1.33 bits per heavy atom. The van der Waals surface area contributed by atoms with Crippen LogP contribution in [0, 0.1) is 5.41 Å². The van der Waals surface area contributed by atoms with E-state index in [9.17, 15) is 4.79 Å². The Labute approximate surface area is 93.1 Å². The second-order valence-electron chi connectivity index (χ2n) is 4.24. The molecule has 0 fully saturated rings. The highest BCUT2D eigenvalue weighted by Crippen LogP contribution is 2.26. The fourth-order valence-corrected chi connectivity index (χ4v) is 1.15. The van der Waals surface area contributed by atoms with Crippen molar-refractivity contribution in [1.29, 1.82) is 0 Å². The predicted octanol–water partition coefficient (Wildman–Crippen LogP) is 2.78. The first-order chi connectivity index (χ1) is 7.00. The van der Waals surface area contributed by atoms with E-state index in [1.165, 1.54) is 0 Å². The molecule has 0 spiro atoms. The summed E-state index contributed by atoms with van der Waals surface area (Å²) in [5, 5.41) is 0. The van der Waals surface area contributed by atoms with Crippen LogP contribution in [0.1, 0.15) is 47.0 Å². The summed E-state index contributed by atoms with van der Waals surface area (Å²) < 4.78 is 10.3. The molecule has 0 bridgehead atoms. The Morgan fingerprint density at radius 3 is 2.27 bits per heavy atom. The monoisotopic (exact) mass is 216 g/mol. The highest BCUT2D eigenvalue weighted by molar-refractivity contribution is 5.76. The maximum atomic E-state index is 11.7. The van der Waals surface area contributed by atoms with E-state index >= 15 is 0 Å². The second kappa shape index (κ2) is 6.83. The van der Waals surface area contributed by atoms with E-state index in [0.29, 0.717) is 6.61 Å². The van der Waals surface area contributed by atoms with E-state index in [-0.39, 0.29) is 17.5 Å². The number of esters is 1. The summed E-state index contributed by atoms with van der Waals surface area (Å²) in [5.74, 6) is -0.0872. The van der Waals surface area contributed by atoms with Gasteiger partial charge in [-0.2, -0.15) is 0 Å². The molecule has 0 radical (unpaired) electrons. The van der Waals surface area contributed by atoms with Crippen molar-refractivity contribution >= 4 is 5.97 Å². The van der Waals surface area contributed by atoms with Crippen LogP contribution in [0.5, 0.6) is 0 Å². The lowest BCUT2D eigenvalue weighted by Crippen LogP contribution is -2.29. The Hall–Kier alpha value is -0.570. The molecule has 0 aliphatic rings. The third-order valence-corrected chi connectivity index (χ3v) is 3.21. The van der Waals surface area contributed by atoms with E-state index in [0.717, 1.165) is 19.3 Å². The zero-order chi connectivity index (χ0) is 11.9. The molecule has 0 saturated carbocycles. The first-order valence-corrected chi connectivity index (χ1v) is 5.70. The maximum Gasteiger partial charge on any atom is 0.311 e. The summed E-state index contributed by atoms with van der Waals surface area (Å²) in [5.41, 5.74) is -0.323. The molecule has 3 nitrogen and oxygen atoms in total. The Bertz CT molecular complexity index is 185. The Kier molecular flexibility index (Phi) is 6.57. The van der Waals surface area contributed by atoms with E-state index in [1.807, 2.05) is 27.7 Å². The number of ether oxygens (including phenoxy) is 2. The van der Waals surface area contributed by atoms with Crippen LogP contribution in [-0.4, -0.2) is 25.8 Å². The van der Waals surface area contributed by atoms with Crippen LogP contribution in [-0.2, 0) is 14.3 Å². The van der Waals surface area contributed by atoms with Gasteiger partial charge < -0.3 is 9.47 Å². The van der Waals surface area contributed by atoms with Crippen LogP contribution < -0.4 is 0 Å². The van der Waals surface area contributed by atoms with Crippen LogP contribution in [0.15, 0.2) is 0 Å². The molecule has 3 heteroatoms. The lowest BCUT2D eigenvalue weighted by molar-refractivity contribution is -0.156. The first-order valence-electron chi connectivity index (χ1n) is 5.70. The second-order valence-corrected chi connectivity index (χ2v) is 4.24. The Morgan fingerprint density at radius 2 is 1.87 bits per heavy atom. The van der Waals surface area contributed by atoms with Crippen molar-refractivity contribution in [2.24, 2.45) is 5.41 Å². The van der Waals surface area contributed by atoms with Crippen molar-refractivity contribution in [3.63, 3.8) is 0 Å². The molecule has 0 aliphatic carbocycles. The molecule has 0 heterocycles. The van der Waals surface area contributed by atoms with Gasteiger partial charge >= 0.3 is 5.97 Å². The topological polar surface area (TPSA) is 35.5 Å². The largest absolute Gasteiger partial charge is 0.465 e. The molecule has 0 aromatic heterocycles.